The Kier molecular flexibility index (Phi) is 5.08. The van der Waals surface area contributed by atoms with Crippen LogP contribution in [-0.4, -0.2) is 43.3 Å². The molecule has 0 spiro atoms. The lowest BCUT2D eigenvalue weighted by atomic mass is 9.90. The minimum absolute atomic E-state index is 0.225. The first-order valence-corrected chi connectivity index (χ1v) is 8.28. The average molecular weight is 317 g/mol. The highest BCUT2D eigenvalue weighted by Gasteiger charge is 2.44. The van der Waals surface area contributed by atoms with Gasteiger partial charge in [0.25, 0.3) is 0 Å². The van der Waals surface area contributed by atoms with Gasteiger partial charge in [0, 0.05) is 12.1 Å². The monoisotopic (exact) mass is 317 g/mol. The standard InChI is InChI=1S/C18H23NO4/c1-2-21-17(20)18(11-9-16-22-12-13-23-16)10-8-15(19-18)14-6-4-3-5-7-14/h3-7,16H,2,8-13H2,1H3. The van der Waals surface area contributed by atoms with Gasteiger partial charge in [-0.3, -0.25) is 4.99 Å². The van der Waals surface area contributed by atoms with Gasteiger partial charge in [-0.15, -0.1) is 0 Å². The second-order valence-corrected chi connectivity index (χ2v) is 5.89. The molecule has 5 nitrogen and oxygen atoms in total. The molecule has 0 aliphatic carbocycles. The van der Waals surface area contributed by atoms with Crippen LogP contribution in [0.2, 0.25) is 0 Å². The molecule has 1 aromatic rings. The maximum atomic E-state index is 12.5. The Labute approximate surface area is 136 Å². The predicted molar refractivity (Wildman–Crippen MR) is 86.5 cm³/mol. The van der Waals surface area contributed by atoms with E-state index in [9.17, 15) is 4.79 Å². The van der Waals surface area contributed by atoms with Crippen LogP contribution in [0.4, 0.5) is 0 Å². The van der Waals surface area contributed by atoms with Crippen molar-refractivity contribution in [3.05, 3.63) is 35.9 Å². The van der Waals surface area contributed by atoms with E-state index in [0.717, 1.165) is 17.7 Å². The van der Waals surface area contributed by atoms with Gasteiger partial charge in [0.15, 0.2) is 11.8 Å². The van der Waals surface area contributed by atoms with E-state index >= 15 is 0 Å². The zero-order valence-electron chi connectivity index (χ0n) is 13.5. The van der Waals surface area contributed by atoms with Crippen LogP contribution in [0.15, 0.2) is 35.3 Å². The van der Waals surface area contributed by atoms with Gasteiger partial charge in [0.2, 0.25) is 0 Å². The Morgan fingerprint density at radius 2 is 2.04 bits per heavy atom. The molecular weight excluding hydrogens is 294 g/mol. The highest BCUT2D eigenvalue weighted by atomic mass is 16.7. The Morgan fingerprint density at radius 3 is 2.74 bits per heavy atom. The van der Waals surface area contributed by atoms with Gasteiger partial charge in [0.1, 0.15) is 0 Å². The zero-order valence-corrected chi connectivity index (χ0v) is 13.5. The molecule has 1 fully saturated rings. The van der Waals surface area contributed by atoms with Crippen molar-refractivity contribution in [3.8, 4) is 0 Å². The van der Waals surface area contributed by atoms with E-state index in [1.807, 2.05) is 37.3 Å². The van der Waals surface area contributed by atoms with Crippen molar-refractivity contribution in [2.45, 2.75) is 44.4 Å². The van der Waals surface area contributed by atoms with Crippen LogP contribution in [0.1, 0.15) is 38.2 Å². The van der Waals surface area contributed by atoms with E-state index < -0.39 is 5.54 Å². The van der Waals surface area contributed by atoms with Crippen LogP contribution in [0.5, 0.6) is 0 Å². The first-order chi connectivity index (χ1) is 11.2. The van der Waals surface area contributed by atoms with Gasteiger partial charge in [-0.2, -0.15) is 0 Å². The topological polar surface area (TPSA) is 57.1 Å². The first kappa shape index (κ1) is 16.1. The molecule has 1 unspecified atom stereocenters. The summed E-state index contributed by atoms with van der Waals surface area (Å²) >= 11 is 0. The molecule has 124 valence electrons. The molecule has 0 aromatic heterocycles. The van der Waals surface area contributed by atoms with Crippen LogP contribution in [0.3, 0.4) is 0 Å². The number of hydrogen-bond acceptors (Lipinski definition) is 5. The van der Waals surface area contributed by atoms with Gasteiger partial charge >= 0.3 is 5.97 Å². The molecule has 0 N–H and O–H groups in total. The van der Waals surface area contributed by atoms with Gasteiger partial charge in [-0.1, -0.05) is 30.3 Å². The second kappa shape index (κ2) is 7.23. The van der Waals surface area contributed by atoms with Crippen molar-refractivity contribution in [3.63, 3.8) is 0 Å². The van der Waals surface area contributed by atoms with Gasteiger partial charge < -0.3 is 14.2 Å². The molecule has 5 heteroatoms. The summed E-state index contributed by atoms with van der Waals surface area (Å²) in [4.78, 5) is 17.3. The fraction of sp³-hybridized carbons (Fsp3) is 0.556. The van der Waals surface area contributed by atoms with E-state index in [1.165, 1.54) is 0 Å². The summed E-state index contributed by atoms with van der Waals surface area (Å²) in [5, 5.41) is 0. The van der Waals surface area contributed by atoms with E-state index in [4.69, 9.17) is 19.2 Å². The molecule has 1 saturated heterocycles. The third kappa shape index (κ3) is 3.62. The smallest absolute Gasteiger partial charge is 0.334 e. The Balaban J connectivity index is 1.78. The third-order valence-corrected chi connectivity index (χ3v) is 4.37. The molecule has 2 aliphatic rings. The number of esters is 1. The number of nitrogens with zero attached hydrogens (tertiary/aromatic N) is 1. The van der Waals surface area contributed by atoms with Crippen molar-refractivity contribution in [1.29, 1.82) is 0 Å². The predicted octanol–water partition coefficient (Wildman–Crippen LogP) is 2.72. The first-order valence-electron chi connectivity index (χ1n) is 8.28. The minimum Gasteiger partial charge on any atom is -0.464 e. The van der Waals surface area contributed by atoms with Gasteiger partial charge in [0.05, 0.1) is 19.8 Å². The number of hydrogen-bond donors (Lipinski definition) is 0. The van der Waals surface area contributed by atoms with Crippen LogP contribution in [-0.2, 0) is 19.0 Å². The maximum absolute atomic E-state index is 12.5. The normalized spacial score (nSPS) is 24.7. The van der Waals surface area contributed by atoms with Crippen molar-refractivity contribution >= 4 is 11.7 Å². The molecule has 1 aromatic carbocycles. The lowest BCUT2D eigenvalue weighted by Crippen LogP contribution is -2.37. The molecule has 0 amide bonds. The average Bonchev–Trinajstić information content (AvgIpc) is 3.25. The highest BCUT2D eigenvalue weighted by Crippen LogP contribution is 2.35. The second-order valence-electron chi connectivity index (χ2n) is 5.89. The Hall–Kier alpha value is -1.72. The number of rotatable bonds is 6. The number of aliphatic imine (C=N–C) groups is 1. The van der Waals surface area contributed by atoms with Crippen LogP contribution in [0, 0.1) is 0 Å². The summed E-state index contributed by atoms with van der Waals surface area (Å²) in [5.74, 6) is -0.232. The summed E-state index contributed by atoms with van der Waals surface area (Å²) in [6, 6.07) is 10.0. The fourth-order valence-electron chi connectivity index (χ4n) is 3.16. The Bertz CT molecular complexity index is 566. The SMILES string of the molecule is CCOC(=O)C1(CCC2OCCO2)CCC(c2ccccc2)=N1. The molecule has 1 atom stereocenters. The van der Waals surface area contributed by atoms with Gasteiger partial charge in [-0.05, 0) is 31.7 Å². The van der Waals surface area contributed by atoms with E-state index in [0.29, 0.717) is 39.1 Å². The largest absolute Gasteiger partial charge is 0.464 e. The summed E-state index contributed by atoms with van der Waals surface area (Å²) in [6.45, 7) is 3.43. The van der Waals surface area contributed by atoms with Crippen LogP contribution >= 0.6 is 0 Å². The van der Waals surface area contributed by atoms with E-state index in [1.54, 1.807) is 0 Å². The number of ether oxygens (including phenoxy) is 3. The van der Waals surface area contributed by atoms with E-state index in [2.05, 4.69) is 0 Å². The summed E-state index contributed by atoms with van der Waals surface area (Å²) < 4.78 is 16.3. The molecule has 0 bridgehead atoms. The van der Waals surface area contributed by atoms with Crippen LogP contribution in [0.25, 0.3) is 0 Å². The molecule has 3 rings (SSSR count). The van der Waals surface area contributed by atoms with Crippen molar-refractivity contribution < 1.29 is 19.0 Å². The Morgan fingerprint density at radius 1 is 1.30 bits per heavy atom. The lowest BCUT2D eigenvalue weighted by Gasteiger charge is -2.24. The van der Waals surface area contributed by atoms with Gasteiger partial charge in [-0.25, -0.2) is 4.79 Å². The van der Waals surface area contributed by atoms with Crippen molar-refractivity contribution in [2.24, 2.45) is 4.99 Å². The minimum atomic E-state index is -0.795. The number of carbonyl (C=O) groups excluding carboxylic acids is 1. The molecule has 2 heterocycles. The summed E-state index contributed by atoms with van der Waals surface area (Å²) in [7, 11) is 0. The summed E-state index contributed by atoms with van der Waals surface area (Å²) in [5.41, 5.74) is 1.26. The third-order valence-electron chi connectivity index (χ3n) is 4.37. The van der Waals surface area contributed by atoms with Crippen molar-refractivity contribution in [1.82, 2.24) is 0 Å². The lowest BCUT2D eigenvalue weighted by molar-refractivity contribution is -0.150. The van der Waals surface area contributed by atoms with E-state index in [-0.39, 0.29) is 12.3 Å². The molecule has 0 saturated carbocycles. The van der Waals surface area contributed by atoms with Crippen molar-refractivity contribution in [2.75, 3.05) is 19.8 Å². The zero-order chi connectivity index (χ0) is 16.1. The quantitative estimate of drug-likeness (QED) is 0.757. The molecule has 2 aliphatic heterocycles. The van der Waals surface area contributed by atoms with Crippen LogP contribution < -0.4 is 0 Å². The number of benzene rings is 1. The molecular formula is C18H23NO4. The molecule has 0 radical (unpaired) electrons. The maximum Gasteiger partial charge on any atom is 0.334 e. The highest BCUT2D eigenvalue weighted by molar-refractivity contribution is 6.04. The molecule has 23 heavy (non-hydrogen) atoms. The fourth-order valence-corrected chi connectivity index (χ4v) is 3.16. The summed E-state index contributed by atoms with van der Waals surface area (Å²) in [6.07, 6.45) is 2.49. The number of carbonyl (C=O) groups is 1.